The standard InChI is InChI=1S/C21H34N6O4/c1-28-18-12-16-17(13-19(18)29-2)26-21(24-7-9-31-11-10-30-8-5-22)27-20(16)25-15-4-3-6-23-14-15/h12-13,15,23H,3-11,14,22H2,1-2H3,(H2,24,25,26,27)/t15-/m0/s1. The van der Waals surface area contributed by atoms with E-state index >= 15 is 0 Å². The molecule has 1 saturated heterocycles. The summed E-state index contributed by atoms with van der Waals surface area (Å²) in [6.45, 7) is 5.19. The third-order valence-electron chi connectivity index (χ3n) is 5.00. The van der Waals surface area contributed by atoms with Gasteiger partial charge >= 0.3 is 0 Å². The SMILES string of the molecule is COc1cc2nc(NCCOCCOCCN)nc(N[C@H]3CCCNC3)c2cc1OC. The second kappa shape index (κ2) is 12.5. The fourth-order valence-corrected chi connectivity index (χ4v) is 3.45. The molecular weight excluding hydrogens is 400 g/mol. The van der Waals surface area contributed by atoms with E-state index in [1.54, 1.807) is 14.2 Å². The Morgan fingerprint density at radius 1 is 1.06 bits per heavy atom. The summed E-state index contributed by atoms with van der Waals surface area (Å²) in [5.41, 5.74) is 6.16. The van der Waals surface area contributed by atoms with Gasteiger partial charge in [-0.25, -0.2) is 4.98 Å². The molecule has 1 aromatic carbocycles. The van der Waals surface area contributed by atoms with Gasteiger partial charge in [-0.15, -0.1) is 0 Å². The summed E-state index contributed by atoms with van der Waals surface area (Å²) in [7, 11) is 3.24. The highest BCUT2D eigenvalue weighted by Crippen LogP contribution is 2.35. The van der Waals surface area contributed by atoms with Crippen LogP contribution in [0.5, 0.6) is 11.5 Å². The molecule has 0 spiro atoms. The van der Waals surface area contributed by atoms with Gasteiger partial charge in [0, 0.05) is 37.1 Å². The molecular formula is C21H34N6O4. The number of nitrogens with one attached hydrogen (secondary N) is 3. The highest BCUT2D eigenvalue weighted by molar-refractivity contribution is 5.92. The summed E-state index contributed by atoms with van der Waals surface area (Å²) < 4.78 is 21.8. The van der Waals surface area contributed by atoms with Crippen molar-refractivity contribution in [3.05, 3.63) is 12.1 Å². The van der Waals surface area contributed by atoms with Crippen LogP contribution >= 0.6 is 0 Å². The van der Waals surface area contributed by atoms with Crippen molar-refractivity contribution in [3.8, 4) is 11.5 Å². The molecule has 10 heteroatoms. The topological polar surface area (TPSA) is 125 Å². The molecule has 3 rings (SSSR count). The Morgan fingerprint density at radius 2 is 1.84 bits per heavy atom. The van der Waals surface area contributed by atoms with Crippen LogP contribution in [-0.4, -0.2) is 82.8 Å². The number of nitrogens with zero attached hydrogens (tertiary/aromatic N) is 2. The summed E-state index contributed by atoms with van der Waals surface area (Å²) >= 11 is 0. The average molecular weight is 435 g/mol. The fourth-order valence-electron chi connectivity index (χ4n) is 3.45. The lowest BCUT2D eigenvalue weighted by Crippen LogP contribution is -2.38. The molecule has 172 valence electrons. The van der Waals surface area contributed by atoms with Gasteiger partial charge in [-0.05, 0) is 25.5 Å². The molecule has 1 atom stereocenters. The smallest absolute Gasteiger partial charge is 0.225 e. The Balaban J connectivity index is 1.71. The van der Waals surface area contributed by atoms with Crippen LogP contribution in [0.1, 0.15) is 12.8 Å². The lowest BCUT2D eigenvalue weighted by Gasteiger charge is -2.25. The van der Waals surface area contributed by atoms with Crippen molar-refractivity contribution in [1.29, 1.82) is 0 Å². The largest absolute Gasteiger partial charge is 0.493 e. The summed E-state index contributed by atoms with van der Waals surface area (Å²) in [4.78, 5) is 9.40. The monoisotopic (exact) mass is 434 g/mol. The zero-order valence-electron chi connectivity index (χ0n) is 18.4. The van der Waals surface area contributed by atoms with E-state index in [4.69, 9.17) is 29.7 Å². The van der Waals surface area contributed by atoms with Crippen molar-refractivity contribution in [1.82, 2.24) is 15.3 Å². The van der Waals surface area contributed by atoms with Gasteiger partial charge in [-0.1, -0.05) is 0 Å². The number of nitrogens with two attached hydrogens (primary N) is 1. The molecule has 0 unspecified atom stereocenters. The molecule has 1 aliphatic rings. The van der Waals surface area contributed by atoms with Gasteiger partial charge in [0.05, 0.1) is 46.2 Å². The maximum Gasteiger partial charge on any atom is 0.225 e. The van der Waals surface area contributed by atoms with Crippen molar-refractivity contribution in [2.24, 2.45) is 5.73 Å². The average Bonchev–Trinajstić information content (AvgIpc) is 2.80. The molecule has 1 fully saturated rings. The molecule has 0 amide bonds. The van der Waals surface area contributed by atoms with E-state index in [1.165, 1.54) is 0 Å². The number of anilines is 2. The number of fused-ring (bicyclic) bond motifs is 1. The summed E-state index contributed by atoms with van der Waals surface area (Å²) in [6, 6.07) is 4.10. The normalized spacial score (nSPS) is 16.3. The number of hydrogen-bond acceptors (Lipinski definition) is 10. The first kappa shape index (κ1) is 23.3. The van der Waals surface area contributed by atoms with Crippen molar-refractivity contribution in [2.45, 2.75) is 18.9 Å². The second-order valence-corrected chi connectivity index (χ2v) is 7.25. The van der Waals surface area contributed by atoms with Gasteiger partial charge < -0.3 is 40.6 Å². The van der Waals surface area contributed by atoms with Gasteiger partial charge in [-0.2, -0.15) is 4.98 Å². The van der Waals surface area contributed by atoms with Crippen molar-refractivity contribution >= 4 is 22.7 Å². The Morgan fingerprint density at radius 3 is 2.55 bits per heavy atom. The summed E-state index contributed by atoms with van der Waals surface area (Å²) in [5, 5.41) is 11.1. The highest BCUT2D eigenvalue weighted by Gasteiger charge is 2.18. The van der Waals surface area contributed by atoms with E-state index < -0.39 is 0 Å². The molecule has 1 aliphatic heterocycles. The maximum absolute atomic E-state index is 5.56. The van der Waals surface area contributed by atoms with Crippen molar-refractivity contribution in [3.63, 3.8) is 0 Å². The first-order chi connectivity index (χ1) is 15.2. The van der Waals surface area contributed by atoms with Gasteiger partial charge in [0.1, 0.15) is 5.82 Å². The van der Waals surface area contributed by atoms with Crippen LogP contribution in [0, 0.1) is 0 Å². The Labute approximate surface area is 183 Å². The number of aromatic nitrogens is 2. The number of rotatable bonds is 13. The molecule has 31 heavy (non-hydrogen) atoms. The lowest BCUT2D eigenvalue weighted by molar-refractivity contribution is 0.0547. The van der Waals surface area contributed by atoms with E-state index in [9.17, 15) is 0 Å². The van der Waals surface area contributed by atoms with E-state index in [1.807, 2.05) is 12.1 Å². The molecule has 0 radical (unpaired) electrons. The maximum atomic E-state index is 5.56. The second-order valence-electron chi connectivity index (χ2n) is 7.25. The Bertz CT molecular complexity index is 816. The number of methoxy groups -OCH3 is 2. The van der Waals surface area contributed by atoms with Crippen LogP contribution in [-0.2, 0) is 9.47 Å². The van der Waals surface area contributed by atoms with E-state index in [-0.39, 0.29) is 0 Å². The number of benzene rings is 1. The Hall–Kier alpha value is -2.40. The lowest BCUT2D eigenvalue weighted by atomic mass is 10.1. The Kier molecular flexibility index (Phi) is 9.35. The molecule has 10 nitrogen and oxygen atoms in total. The fraction of sp³-hybridized carbons (Fsp3) is 0.619. The van der Waals surface area contributed by atoms with Crippen LogP contribution in [0.2, 0.25) is 0 Å². The van der Waals surface area contributed by atoms with Gasteiger partial charge in [0.25, 0.3) is 0 Å². The summed E-state index contributed by atoms with van der Waals surface area (Å²) in [6.07, 6.45) is 2.23. The molecule has 1 aromatic heterocycles. The van der Waals surface area contributed by atoms with E-state index in [0.717, 1.165) is 42.7 Å². The minimum Gasteiger partial charge on any atom is -0.493 e. The first-order valence-electron chi connectivity index (χ1n) is 10.8. The third-order valence-corrected chi connectivity index (χ3v) is 5.00. The number of hydrogen-bond donors (Lipinski definition) is 4. The van der Waals surface area contributed by atoms with Gasteiger partial charge in [-0.3, -0.25) is 0 Å². The van der Waals surface area contributed by atoms with Gasteiger partial charge in [0.15, 0.2) is 11.5 Å². The molecule has 5 N–H and O–H groups in total. The van der Waals surface area contributed by atoms with Crippen LogP contribution in [0.3, 0.4) is 0 Å². The van der Waals surface area contributed by atoms with Crippen molar-refractivity contribution in [2.75, 3.05) is 77.5 Å². The third kappa shape index (κ3) is 6.79. The zero-order valence-corrected chi connectivity index (χ0v) is 18.4. The van der Waals surface area contributed by atoms with Crippen LogP contribution < -0.4 is 31.2 Å². The predicted octanol–water partition coefficient (Wildman–Crippen LogP) is 1.21. The molecule has 0 saturated carbocycles. The van der Waals surface area contributed by atoms with E-state index in [2.05, 4.69) is 20.9 Å². The number of piperidine rings is 1. The van der Waals surface area contributed by atoms with Gasteiger partial charge in [0.2, 0.25) is 5.95 Å². The van der Waals surface area contributed by atoms with Crippen LogP contribution in [0.25, 0.3) is 10.9 Å². The van der Waals surface area contributed by atoms with Crippen LogP contribution in [0.4, 0.5) is 11.8 Å². The molecule has 0 aliphatic carbocycles. The summed E-state index contributed by atoms with van der Waals surface area (Å²) in [5.74, 6) is 2.59. The predicted molar refractivity (Wildman–Crippen MR) is 121 cm³/mol. The minimum atomic E-state index is 0.310. The molecule has 0 bridgehead atoms. The van der Waals surface area contributed by atoms with Crippen molar-refractivity contribution < 1.29 is 18.9 Å². The van der Waals surface area contributed by atoms with E-state index in [0.29, 0.717) is 63.0 Å². The molecule has 2 aromatic rings. The highest BCUT2D eigenvalue weighted by atomic mass is 16.5. The quantitative estimate of drug-likeness (QED) is 0.342. The number of ether oxygens (including phenoxy) is 4. The minimum absolute atomic E-state index is 0.310. The first-order valence-corrected chi connectivity index (χ1v) is 10.8. The van der Waals surface area contributed by atoms with Crippen LogP contribution in [0.15, 0.2) is 12.1 Å². The molecule has 2 heterocycles. The zero-order chi connectivity index (χ0) is 21.9.